The molecule has 0 aliphatic carbocycles. The van der Waals surface area contributed by atoms with Gasteiger partial charge in [0, 0.05) is 5.56 Å². The minimum atomic E-state index is -4.15. The predicted octanol–water partition coefficient (Wildman–Crippen LogP) is 4.48. The number of sulfonamides is 1. The second kappa shape index (κ2) is 9.91. The van der Waals surface area contributed by atoms with Crippen LogP contribution in [0, 0.1) is 5.82 Å². The van der Waals surface area contributed by atoms with Gasteiger partial charge in [-0.15, -0.1) is 0 Å². The van der Waals surface area contributed by atoms with E-state index in [9.17, 15) is 17.6 Å². The number of benzene rings is 3. The summed E-state index contributed by atoms with van der Waals surface area (Å²) < 4.78 is 40.9. The number of halogens is 3. The third kappa shape index (κ3) is 5.41. The van der Waals surface area contributed by atoms with E-state index in [2.05, 4.69) is 10.5 Å². The van der Waals surface area contributed by atoms with Crippen molar-refractivity contribution in [3.8, 4) is 0 Å². The molecule has 1 amide bonds. The number of carbonyl (C=O) groups is 1. The van der Waals surface area contributed by atoms with Crippen LogP contribution in [0.5, 0.6) is 0 Å². The lowest BCUT2D eigenvalue weighted by Gasteiger charge is -2.24. The van der Waals surface area contributed by atoms with Gasteiger partial charge in [-0.3, -0.25) is 9.10 Å². The summed E-state index contributed by atoms with van der Waals surface area (Å²) in [6, 6.07) is 17.9. The molecule has 0 saturated carbocycles. The molecule has 31 heavy (non-hydrogen) atoms. The highest BCUT2D eigenvalue weighted by atomic mass is 35.5. The van der Waals surface area contributed by atoms with Gasteiger partial charge in [-0.1, -0.05) is 65.7 Å². The summed E-state index contributed by atoms with van der Waals surface area (Å²) in [4.78, 5) is 12.4. The maximum absolute atomic E-state index is 13.7. The Labute approximate surface area is 189 Å². The first-order valence-electron chi connectivity index (χ1n) is 8.89. The molecule has 0 saturated heterocycles. The summed E-state index contributed by atoms with van der Waals surface area (Å²) in [5.74, 6) is -1.28. The van der Waals surface area contributed by atoms with E-state index in [-0.39, 0.29) is 26.2 Å². The van der Waals surface area contributed by atoms with E-state index in [0.717, 1.165) is 10.5 Å². The van der Waals surface area contributed by atoms with Crippen molar-refractivity contribution in [2.24, 2.45) is 5.10 Å². The first-order valence-corrected chi connectivity index (χ1v) is 11.1. The number of amides is 1. The third-order valence-corrected chi connectivity index (χ3v) is 6.70. The minimum Gasteiger partial charge on any atom is -0.271 e. The number of nitrogens with one attached hydrogen (secondary N) is 1. The van der Waals surface area contributed by atoms with Gasteiger partial charge >= 0.3 is 0 Å². The zero-order chi connectivity index (χ0) is 22.4. The first-order chi connectivity index (χ1) is 14.8. The van der Waals surface area contributed by atoms with Crippen molar-refractivity contribution < 1.29 is 17.6 Å². The van der Waals surface area contributed by atoms with Crippen LogP contribution in [0.25, 0.3) is 0 Å². The summed E-state index contributed by atoms with van der Waals surface area (Å²) >= 11 is 12.3. The van der Waals surface area contributed by atoms with E-state index >= 15 is 0 Å². The summed E-state index contributed by atoms with van der Waals surface area (Å²) in [7, 11) is -4.15. The van der Waals surface area contributed by atoms with Gasteiger partial charge in [0.1, 0.15) is 12.4 Å². The van der Waals surface area contributed by atoms with Crippen molar-refractivity contribution in [3.05, 3.63) is 94.2 Å². The summed E-state index contributed by atoms with van der Waals surface area (Å²) in [5, 5.41) is 3.81. The fraction of sp³-hybridized carbons (Fsp3) is 0.0476. The molecule has 0 radical (unpaired) electrons. The number of hydrogen-bond acceptors (Lipinski definition) is 4. The van der Waals surface area contributed by atoms with Crippen molar-refractivity contribution in [2.45, 2.75) is 4.90 Å². The lowest BCUT2D eigenvalue weighted by Crippen LogP contribution is -2.39. The van der Waals surface area contributed by atoms with Crippen LogP contribution in [0.2, 0.25) is 10.0 Å². The highest BCUT2D eigenvalue weighted by Gasteiger charge is 2.29. The van der Waals surface area contributed by atoms with Crippen molar-refractivity contribution in [3.63, 3.8) is 0 Å². The summed E-state index contributed by atoms with van der Waals surface area (Å²) in [5.41, 5.74) is 2.39. The van der Waals surface area contributed by atoms with Crippen LogP contribution in [0.15, 0.2) is 82.8 Å². The van der Waals surface area contributed by atoms with Crippen molar-refractivity contribution in [1.82, 2.24) is 5.43 Å². The summed E-state index contributed by atoms with van der Waals surface area (Å²) in [6.45, 7) is -0.633. The lowest BCUT2D eigenvalue weighted by molar-refractivity contribution is -0.119. The molecule has 0 aliphatic heterocycles. The molecule has 0 aliphatic rings. The van der Waals surface area contributed by atoms with Gasteiger partial charge < -0.3 is 0 Å². The number of rotatable bonds is 7. The third-order valence-electron chi connectivity index (χ3n) is 4.12. The number of hydrazone groups is 1. The van der Waals surface area contributed by atoms with Crippen LogP contribution in [0.4, 0.5) is 10.1 Å². The van der Waals surface area contributed by atoms with E-state index in [1.165, 1.54) is 48.5 Å². The second-order valence-corrected chi connectivity index (χ2v) is 8.86. The molecule has 0 spiro atoms. The molecule has 0 aromatic heterocycles. The van der Waals surface area contributed by atoms with Crippen molar-refractivity contribution in [1.29, 1.82) is 0 Å². The Bertz CT molecular complexity index is 1220. The standard InChI is InChI=1S/C21H16Cl2FN3O3S/c22-17-10-6-12-19(21(17)23)27(31(29,30)16-8-2-1-3-9-16)14-20(28)26-25-13-15-7-4-5-11-18(15)24/h1-13H,14H2,(H,26,28)/b25-13+. The Morgan fingerprint density at radius 2 is 1.68 bits per heavy atom. The van der Waals surface area contributed by atoms with E-state index in [0.29, 0.717) is 0 Å². The highest BCUT2D eigenvalue weighted by Crippen LogP contribution is 2.35. The van der Waals surface area contributed by atoms with Crippen molar-refractivity contribution in [2.75, 3.05) is 10.8 Å². The molecule has 1 N–H and O–H groups in total. The SMILES string of the molecule is O=C(CN(c1cccc(Cl)c1Cl)S(=O)(=O)c1ccccc1)N/N=C/c1ccccc1F. The fourth-order valence-electron chi connectivity index (χ4n) is 2.62. The Kier molecular flexibility index (Phi) is 7.27. The minimum absolute atomic E-state index is 0.0219. The molecule has 0 unspecified atom stereocenters. The van der Waals surface area contributed by atoms with Gasteiger partial charge in [-0.25, -0.2) is 18.2 Å². The van der Waals surface area contributed by atoms with Crippen LogP contribution in [0.3, 0.4) is 0 Å². The second-order valence-electron chi connectivity index (χ2n) is 6.21. The van der Waals surface area contributed by atoms with Gasteiger partial charge in [-0.2, -0.15) is 5.10 Å². The number of anilines is 1. The topological polar surface area (TPSA) is 78.8 Å². The fourth-order valence-corrected chi connectivity index (χ4v) is 4.53. The average Bonchev–Trinajstić information content (AvgIpc) is 2.76. The summed E-state index contributed by atoms with van der Waals surface area (Å²) in [6.07, 6.45) is 1.12. The lowest BCUT2D eigenvalue weighted by atomic mass is 10.2. The Morgan fingerprint density at radius 1 is 1.00 bits per heavy atom. The van der Waals surface area contributed by atoms with Gasteiger partial charge in [0.15, 0.2) is 0 Å². The van der Waals surface area contributed by atoms with E-state index in [4.69, 9.17) is 23.2 Å². The van der Waals surface area contributed by atoms with Crippen LogP contribution < -0.4 is 9.73 Å². The van der Waals surface area contributed by atoms with E-state index in [1.54, 1.807) is 24.3 Å². The molecule has 0 fully saturated rings. The predicted molar refractivity (Wildman–Crippen MR) is 120 cm³/mol. The van der Waals surface area contributed by atoms with Crippen LogP contribution in [-0.2, 0) is 14.8 Å². The Morgan fingerprint density at radius 3 is 2.39 bits per heavy atom. The zero-order valence-corrected chi connectivity index (χ0v) is 18.2. The molecule has 0 atom stereocenters. The number of hydrogen-bond donors (Lipinski definition) is 1. The van der Waals surface area contributed by atoms with Crippen LogP contribution >= 0.6 is 23.2 Å². The average molecular weight is 480 g/mol. The highest BCUT2D eigenvalue weighted by molar-refractivity contribution is 7.92. The molecule has 0 bridgehead atoms. The molecule has 3 aromatic rings. The smallest absolute Gasteiger partial charge is 0.264 e. The van der Waals surface area contributed by atoms with Crippen LogP contribution in [0.1, 0.15) is 5.56 Å². The van der Waals surface area contributed by atoms with E-state index < -0.39 is 28.3 Å². The van der Waals surface area contributed by atoms with Gasteiger partial charge in [-0.05, 0) is 30.3 Å². The number of carbonyl (C=O) groups excluding carboxylic acids is 1. The van der Waals surface area contributed by atoms with Gasteiger partial charge in [0.05, 0.1) is 26.8 Å². The normalized spacial score (nSPS) is 11.5. The molecule has 0 heterocycles. The number of nitrogens with zero attached hydrogens (tertiary/aromatic N) is 2. The Hall–Kier alpha value is -2.94. The van der Waals surface area contributed by atoms with E-state index in [1.807, 2.05) is 0 Å². The van der Waals surface area contributed by atoms with Crippen molar-refractivity contribution >= 4 is 51.0 Å². The molecule has 10 heteroatoms. The van der Waals surface area contributed by atoms with Gasteiger partial charge in [0.25, 0.3) is 15.9 Å². The zero-order valence-electron chi connectivity index (χ0n) is 15.9. The first kappa shape index (κ1) is 22.7. The molecule has 3 rings (SSSR count). The molecular formula is C21H16Cl2FN3O3S. The molecule has 160 valence electrons. The van der Waals surface area contributed by atoms with Crippen LogP contribution in [-0.4, -0.2) is 27.1 Å². The van der Waals surface area contributed by atoms with Gasteiger partial charge in [0.2, 0.25) is 0 Å². The molecule has 6 nitrogen and oxygen atoms in total. The largest absolute Gasteiger partial charge is 0.271 e. The molecule has 3 aromatic carbocycles. The maximum Gasteiger partial charge on any atom is 0.264 e. The molecular weight excluding hydrogens is 464 g/mol. The monoisotopic (exact) mass is 479 g/mol. The quantitative estimate of drug-likeness (QED) is 0.400. The Balaban J connectivity index is 1.89. The maximum atomic E-state index is 13.7.